The Bertz CT molecular complexity index is 363. The summed E-state index contributed by atoms with van der Waals surface area (Å²) in [6.07, 6.45) is -0.238. The molecule has 0 radical (unpaired) electrons. The van der Waals surface area contributed by atoms with Crippen LogP contribution in [0.25, 0.3) is 0 Å². The molecule has 1 rings (SSSR count). The molecule has 0 saturated carbocycles. The molecule has 0 bridgehead atoms. The van der Waals surface area contributed by atoms with E-state index < -0.39 is 11.6 Å². The largest absolute Gasteiger partial charge is 0.383 e. The highest BCUT2D eigenvalue weighted by molar-refractivity contribution is 5.82. The van der Waals surface area contributed by atoms with Gasteiger partial charge in [-0.2, -0.15) is 0 Å². The number of hydrogen-bond acceptors (Lipinski definition) is 3. The zero-order chi connectivity index (χ0) is 12.7. The fourth-order valence-electron chi connectivity index (χ4n) is 1.36. The van der Waals surface area contributed by atoms with Crippen molar-refractivity contribution in [3.05, 3.63) is 35.4 Å². The molecule has 0 aromatic heterocycles. The van der Waals surface area contributed by atoms with E-state index in [1.807, 2.05) is 0 Å². The highest BCUT2D eigenvalue weighted by atomic mass is 19.1. The number of methoxy groups -OCH3 is 1. The molecule has 0 heterocycles. The molecular formula is C12H15F2NO2. The number of benzene rings is 1. The molecule has 0 amide bonds. The summed E-state index contributed by atoms with van der Waals surface area (Å²) in [4.78, 5) is 11.4. The molecule has 1 aromatic carbocycles. The molecule has 94 valence electrons. The normalized spacial score (nSPS) is 10.5. The van der Waals surface area contributed by atoms with Crippen LogP contribution in [0.3, 0.4) is 0 Å². The second-order valence-electron chi connectivity index (χ2n) is 3.59. The van der Waals surface area contributed by atoms with E-state index in [0.717, 1.165) is 12.1 Å². The number of nitrogens with one attached hydrogen (secondary N) is 1. The van der Waals surface area contributed by atoms with E-state index in [2.05, 4.69) is 5.32 Å². The van der Waals surface area contributed by atoms with Gasteiger partial charge in [-0.05, 0) is 12.1 Å². The van der Waals surface area contributed by atoms with Gasteiger partial charge in [0, 0.05) is 25.6 Å². The zero-order valence-corrected chi connectivity index (χ0v) is 9.63. The minimum absolute atomic E-state index is 0.0805. The summed E-state index contributed by atoms with van der Waals surface area (Å²) in [6.45, 7) is 1.10. The van der Waals surface area contributed by atoms with Crippen molar-refractivity contribution in [1.29, 1.82) is 0 Å². The number of carbonyl (C=O) groups excluding carboxylic acids is 1. The second-order valence-corrected chi connectivity index (χ2v) is 3.59. The predicted molar refractivity (Wildman–Crippen MR) is 59.8 cm³/mol. The first-order valence-electron chi connectivity index (χ1n) is 5.29. The third-order valence-corrected chi connectivity index (χ3v) is 2.24. The van der Waals surface area contributed by atoms with Crippen molar-refractivity contribution in [1.82, 2.24) is 5.32 Å². The number of carbonyl (C=O) groups is 1. The van der Waals surface area contributed by atoms with Crippen LogP contribution in [0.4, 0.5) is 8.78 Å². The van der Waals surface area contributed by atoms with E-state index in [0.29, 0.717) is 13.2 Å². The Labute approximate surface area is 98.8 Å². The number of ketones is 1. The predicted octanol–water partition coefficient (Wildman–Crippen LogP) is 1.31. The van der Waals surface area contributed by atoms with E-state index >= 15 is 0 Å². The third kappa shape index (κ3) is 4.58. The Morgan fingerprint density at radius 1 is 1.35 bits per heavy atom. The number of hydrogen-bond donors (Lipinski definition) is 1. The number of ether oxygens (including phenoxy) is 1. The molecule has 1 N–H and O–H groups in total. The maximum absolute atomic E-state index is 13.2. The lowest BCUT2D eigenvalue weighted by molar-refractivity contribution is -0.117. The van der Waals surface area contributed by atoms with E-state index in [1.54, 1.807) is 7.11 Å². The molecule has 0 aliphatic carbocycles. The van der Waals surface area contributed by atoms with Crippen molar-refractivity contribution in [2.24, 2.45) is 0 Å². The zero-order valence-electron chi connectivity index (χ0n) is 9.63. The van der Waals surface area contributed by atoms with Crippen molar-refractivity contribution < 1.29 is 18.3 Å². The minimum Gasteiger partial charge on any atom is -0.383 e. The van der Waals surface area contributed by atoms with Crippen LogP contribution in [0.15, 0.2) is 18.2 Å². The first kappa shape index (κ1) is 13.7. The van der Waals surface area contributed by atoms with Crippen LogP contribution in [0.5, 0.6) is 0 Å². The highest BCUT2D eigenvalue weighted by Crippen LogP contribution is 2.12. The highest BCUT2D eigenvalue weighted by Gasteiger charge is 2.12. The van der Waals surface area contributed by atoms with Gasteiger partial charge in [-0.1, -0.05) is 6.07 Å². The first-order chi connectivity index (χ1) is 8.15. The van der Waals surface area contributed by atoms with Crippen molar-refractivity contribution in [3.63, 3.8) is 0 Å². The Morgan fingerprint density at radius 2 is 2.00 bits per heavy atom. The SMILES string of the molecule is COCCNCC(=O)Cc1c(F)cccc1F. The van der Waals surface area contributed by atoms with Crippen molar-refractivity contribution in [3.8, 4) is 0 Å². The van der Waals surface area contributed by atoms with Gasteiger partial charge in [-0.3, -0.25) is 4.79 Å². The van der Waals surface area contributed by atoms with Crippen LogP contribution in [0.1, 0.15) is 5.56 Å². The summed E-state index contributed by atoms with van der Waals surface area (Å²) >= 11 is 0. The van der Waals surface area contributed by atoms with E-state index in [4.69, 9.17) is 4.74 Å². The van der Waals surface area contributed by atoms with E-state index in [-0.39, 0.29) is 24.3 Å². The van der Waals surface area contributed by atoms with Crippen LogP contribution in [-0.2, 0) is 16.0 Å². The first-order valence-corrected chi connectivity index (χ1v) is 5.29. The van der Waals surface area contributed by atoms with Gasteiger partial charge in [0.2, 0.25) is 0 Å². The standard InChI is InChI=1S/C12H15F2NO2/c1-17-6-5-15-8-9(16)7-10-11(13)3-2-4-12(10)14/h2-4,15H,5-8H2,1H3. The molecule has 0 saturated heterocycles. The monoisotopic (exact) mass is 243 g/mol. The van der Waals surface area contributed by atoms with Crippen molar-refractivity contribution in [2.45, 2.75) is 6.42 Å². The second kappa shape index (κ2) is 7.09. The van der Waals surface area contributed by atoms with Gasteiger partial charge in [-0.25, -0.2) is 8.78 Å². The Hall–Kier alpha value is -1.33. The number of rotatable bonds is 7. The summed E-state index contributed by atoms with van der Waals surface area (Å²) in [5, 5.41) is 2.83. The molecule has 0 spiro atoms. The summed E-state index contributed by atoms with van der Waals surface area (Å²) < 4.78 is 31.2. The Morgan fingerprint density at radius 3 is 2.59 bits per heavy atom. The molecule has 0 aliphatic rings. The molecule has 0 fully saturated rings. The summed E-state index contributed by atoms with van der Waals surface area (Å²) in [5.41, 5.74) is -0.175. The molecular weight excluding hydrogens is 228 g/mol. The average molecular weight is 243 g/mol. The maximum atomic E-state index is 13.2. The van der Waals surface area contributed by atoms with Crippen LogP contribution < -0.4 is 5.32 Å². The lowest BCUT2D eigenvalue weighted by Crippen LogP contribution is -2.27. The van der Waals surface area contributed by atoms with Gasteiger partial charge in [0.05, 0.1) is 13.2 Å². The van der Waals surface area contributed by atoms with Crippen LogP contribution >= 0.6 is 0 Å². The molecule has 1 aromatic rings. The minimum atomic E-state index is -0.685. The van der Waals surface area contributed by atoms with Crippen molar-refractivity contribution in [2.75, 3.05) is 26.8 Å². The van der Waals surface area contributed by atoms with Gasteiger partial charge in [-0.15, -0.1) is 0 Å². The lowest BCUT2D eigenvalue weighted by Gasteiger charge is -2.05. The molecule has 0 atom stereocenters. The summed E-state index contributed by atoms with van der Waals surface area (Å²) in [7, 11) is 1.55. The maximum Gasteiger partial charge on any atom is 0.151 e. The quantitative estimate of drug-likeness (QED) is 0.734. The Kier molecular flexibility index (Phi) is 5.72. The molecule has 17 heavy (non-hydrogen) atoms. The average Bonchev–Trinajstić information content (AvgIpc) is 2.30. The topological polar surface area (TPSA) is 38.3 Å². The van der Waals surface area contributed by atoms with Gasteiger partial charge in [0.15, 0.2) is 5.78 Å². The van der Waals surface area contributed by atoms with Crippen LogP contribution in [-0.4, -0.2) is 32.6 Å². The molecule has 5 heteroatoms. The molecule has 0 unspecified atom stereocenters. The fraction of sp³-hybridized carbons (Fsp3) is 0.417. The number of Topliss-reactive ketones (excluding diaryl/α,β-unsaturated/α-hetero) is 1. The molecule has 3 nitrogen and oxygen atoms in total. The fourth-order valence-corrected chi connectivity index (χ4v) is 1.36. The van der Waals surface area contributed by atoms with E-state index in [1.165, 1.54) is 6.07 Å². The van der Waals surface area contributed by atoms with Gasteiger partial charge in [0.25, 0.3) is 0 Å². The van der Waals surface area contributed by atoms with Crippen molar-refractivity contribution >= 4 is 5.78 Å². The number of halogens is 2. The summed E-state index contributed by atoms with van der Waals surface area (Å²) in [5.74, 6) is -1.63. The van der Waals surface area contributed by atoms with Gasteiger partial charge < -0.3 is 10.1 Å². The Balaban J connectivity index is 2.45. The van der Waals surface area contributed by atoms with Gasteiger partial charge in [0.1, 0.15) is 11.6 Å². The smallest absolute Gasteiger partial charge is 0.151 e. The lowest BCUT2D eigenvalue weighted by atomic mass is 10.1. The molecule has 0 aliphatic heterocycles. The summed E-state index contributed by atoms with van der Waals surface area (Å²) in [6, 6.07) is 3.56. The van der Waals surface area contributed by atoms with Gasteiger partial charge >= 0.3 is 0 Å². The van der Waals surface area contributed by atoms with Crippen LogP contribution in [0.2, 0.25) is 0 Å². The third-order valence-electron chi connectivity index (χ3n) is 2.24. The van der Waals surface area contributed by atoms with Crippen LogP contribution in [0, 0.1) is 11.6 Å². The van der Waals surface area contributed by atoms with E-state index in [9.17, 15) is 13.6 Å².